The molecule has 64 valence electrons. The number of rotatable bonds is 3. The zero-order valence-electron chi connectivity index (χ0n) is 6.67. The van der Waals surface area contributed by atoms with E-state index in [9.17, 15) is 0 Å². The van der Waals surface area contributed by atoms with Crippen LogP contribution < -0.4 is 5.32 Å². The number of nitriles is 1. The normalized spacial score (nSPS) is 12.4. The van der Waals surface area contributed by atoms with Crippen LogP contribution in [0.1, 0.15) is 17.8 Å². The molecule has 12 heavy (non-hydrogen) atoms. The lowest BCUT2D eigenvalue weighted by Crippen LogP contribution is -2.17. The third kappa shape index (κ3) is 2.31. The molecule has 0 amide bonds. The summed E-state index contributed by atoms with van der Waals surface area (Å²) in [5, 5.41) is 11.9. The van der Waals surface area contributed by atoms with Gasteiger partial charge in [0, 0.05) is 4.88 Å². The van der Waals surface area contributed by atoms with Crippen LogP contribution in [-0.4, -0.2) is 6.54 Å². The number of hydrogen-bond donors (Lipinski definition) is 1. The highest BCUT2D eigenvalue weighted by atomic mass is 79.9. The summed E-state index contributed by atoms with van der Waals surface area (Å²) in [4.78, 5) is 1.06. The summed E-state index contributed by atoms with van der Waals surface area (Å²) in [7, 11) is 0. The van der Waals surface area contributed by atoms with Crippen molar-refractivity contribution in [2.75, 3.05) is 6.54 Å². The van der Waals surface area contributed by atoms with Crippen molar-refractivity contribution < 1.29 is 0 Å². The van der Waals surface area contributed by atoms with Gasteiger partial charge in [0.25, 0.3) is 0 Å². The monoisotopic (exact) mass is 244 g/mol. The Kier molecular flexibility index (Phi) is 3.73. The second-order valence-corrected chi connectivity index (χ2v) is 4.76. The summed E-state index contributed by atoms with van der Waals surface area (Å²) < 4.78 is 1.07. The van der Waals surface area contributed by atoms with Crippen LogP contribution in [0.4, 0.5) is 0 Å². The summed E-state index contributed by atoms with van der Waals surface area (Å²) in [6.45, 7) is 2.81. The van der Waals surface area contributed by atoms with Gasteiger partial charge in [-0.3, -0.25) is 5.32 Å². The molecule has 0 saturated carbocycles. The molecule has 1 rings (SSSR count). The molecule has 1 atom stereocenters. The van der Waals surface area contributed by atoms with Crippen LogP contribution >= 0.6 is 27.3 Å². The molecule has 0 radical (unpaired) electrons. The summed E-state index contributed by atoms with van der Waals surface area (Å²) in [6.07, 6.45) is 0. The van der Waals surface area contributed by atoms with Gasteiger partial charge < -0.3 is 0 Å². The molecule has 0 saturated heterocycles. The minimum Gasteiger partial charge on any atom is -0.298 e. The predicted octanol–water partition coefficient (Wildman–Crippen LogP) is 2.68. The average molecular weight is 245 g/mol. The van der Waals surface area contributed by atoms with Crippen molar-refractivity contribution in [2.24, 2.45) is 0 Å². The van der Waals surface area contributed by atoms with Crippen LogP contribution in [0.25, 0.3) is 0 Å². The molecule has 1 aromatic heterocycles. The molecule has 0 aliphatic rings. The van der Waals surface area contributed by atoms with E-state index in [1.165, 1.54) is 0 Å². The van der Waals surface area contributed by atoms with Crippen LogP contribution in [0.15, 0.2) is 15.9 Å². The molecule has 0 aromatic carbocycles. The van der Waals surface area contributed by atoms with E-state index < -0.39 is 0 Å². The zero-order chi connectivity index (χ0) is 8.97. The van der Waals surface area contributed by atoms with Crippen molar-refractivity contribution >= 4 is 27.3 Å². The maximum atomic E-state index is 8.80. The predicted molar refractivity (Wildman–Crippen MR) is 54.0 cm³/mol. The van der Waals surface area contributed by atoms with Crippen molar-refractivity contribution in [1.82, 2.24) is 5.32 Å². The number of nitrogens with zero attached hydrogens (tertiary/aromatic N) is 1. The second kappa shape index (κ2) is 4.61. The largest absolute Gasteiger partial charge is 0.298 e. The van der Waals surface area contributed by atoms with Gasteiger partial charge in [-0.1, -0.05) is 6.92 Å². The summed E-state index contributed by atoms with van der Waals surface area (Å²) in [6, 6.07) is 5.97. The fourth-order valence-electron chi connectivity index (χ4n) is 0.897. The Hall–Kier alpha value is -0.370. The van der Waals surface area contributed by atoms with Crippen LogP contribution in [0.2, 0.25) is 0 Å². The number of nitrogens with one attached hydrogen (secondary N) is 1. The molecule has 0 aliphatic heterocycles. The van der Waals surface area contributed by atoms with Crippen molar-refractivity contribution in [3.63, 3.8) is 0 Å². The number of thiophene rings is 1. The van der Waals surface area contributed by atoms with Crippen molar-refractivity contribution in [3.05, 3.63) is 20.8 Å². The Bertz CT molecular complexity index is 289. The molecule has 1 N–H and O–H groups in total. The molecule has 1 heterocycles. The molecule has 0 aliphatic carbocycles. The minimum atomic E-state index is -0.161. The Morgan fingerprint density at radius 1 is 1.75 bits per heavy atom. The Morgan fingerprint density at radius 2 is 2.50 bits per heavy atom. The van der Waals surface area contributed by atoms with Gasteiger partial charge >= 0.3 is 0 Å². The van der Waals surface area contributed by atoms with Gasteiger partial charge in [0.15, 0.2) is 0 Å². The maximum absolute atomic E-state index is 8.80. The van der Waals surface area contributed by atoms with E-state index in [4.69, 9.17) is 5.26 Å². The first-order valence-electron chi connectivity index (χ1n) is 3.66. The van der Waals surface area contributed by atoms with E-state index in [0.717, 1.165) is 15.2 Å². The van der Waals surface area contributed by atoms with E-state index in [0.29, 0.717) is 0 Å². The highest BCUT2D eigenvalue weighted by Crippen LogP contribution is 2.26. The molecular weight excluding hydrogens is 236 g/mol. The molecule has 2 nitrogen and oxygen atoms in total. The van der Waals surface area contributed by atoms with Crippen LogP contribution in [-0.2, 0) is 0 Å². The van der Waals surface area contributed by atoms with E-state index in [1.54, 1.807) is 11.3 Å². The number of hydrogen-bond acceptors (Lipinski definition) is 3. The van der Waals surface area contributed by atoms with Gasteiger partial charge in [0.1, 0.15) is 6.04 Å². The number of halogens is 1. The third-order valence-corrected chi connectivity index (χ3v) is 3.10. The van der Waals surface area contributed by atoms with Crippen LogP contribution in [0, 0.1) is 11.3 Å². The highest BCUT2D eigenvalue weighted by molar-refractivity contribution is 9.11. The highest BCUT2D eigenvalue weighted by Gasteiger charge is 2.10. The van der Waals surface area contributed by atoms with E-state index in [1.807, 2.05) is 19.1 Å². The first kappa shape index (κ1) is 9.72. The zero-order valence-corrected chi connectivity index (χ0v) is 9.08. The first-order valence-corrected chi connectivity index (χ1v) is 5.27. The van der Waals surface area contributed by atoms with Gasteiger partial charge in [0.05, 0.1) is 9.86 Å². The fourth-order valence-corrected chi connectivity index (χ4v) is 2.34. The summed E-state index contributed by atoms with van der Waals surface area (Å²) in [5.41, 5.74) is 0. The Balaban J connectivity index is 2.74. The molecule has 0 fully saturated rings. The Labute approximate surface area is 84.3 Å². The smallest absolute Gasteiger partial charge is 0.130 e. The van der Waals surface area contributed by atoms with Crippen molar-refractivity contribution in [1.29, 1.82) is 5.26 Å². The van der Waals surface area contributed by atoms with Gasteiger partial charge in [-0.15, -0.1) is 11.3 Å². The molecule has 0 bridgehead atoms. The van der Waals surface area contributed by atoms with E-state index in [2.05, 4.69) is 27.3 Å². The lowest BCUT2D eigenvalue weighted by Gasteiger charge is -2.05. The maximum Gasteiger partial charge on any atom is 0.130 e. The third-order valence-electron chi connectivity index (χ3n) is 1.42. The molecule has 1 unspecified atom stereocenters. The van der Waals surface area contributed by atoms with Gasteiger partial charge in [-0.2, -0.15) is 5.26 Å². The summed E-state index contributed by atoms with van der Waals surface area (Å²) in [5.74, 6) is 0. The van der Waals surface area contributed by atoms with Crippen molar-refractivity contribution in [3.8, 4) is 6.07 Å². The van der Waals surface area contributed by atoms with Crippen LogP contribution in [0.5, 0.6) is 0 Å². The molecule has 4 heteroatoms. The molecular formula is C8H9BrN2S. The SMILES string of the molecule is CCNC(C#N)c1ccc(Br)s1. The summed E-state index contributed by atoms with van der Waals surface area (Å²) >= 11 is 4.95. The quantitative estimate of drug-likeness (QED) is 0.888. The topological polar surface area (TPSA) is 35.8 Å². The minimum absolute atomic E-state index is 0.161. The Morgan fingerprint density at radius 3 is 2.92 bits per heavy atom. The standard InChI is InChI=1S/C8H9BrN2S/c1-2-11-6(5-10)7-3-4-8(9)12-7/h3-4,6,11H,2H2,1H3. The average Bonchev–Trinajstić information content (AvgIpc) is 2.47. The van der Waals surface area contributed by atoms with Crippen LogP contribution in [0.3, 0.4) is 0 Å². The first-order chi connectivity index (χ1) is 5.77. The van der Waals surface area contributed by atoms with Gasteiger partial charge in [0.2, 0.25) is 0 Å². The van der Waals surface area contributed by atoms with Gasteiger partial charge in [-0.25, -0.2) is 0 Å². The lowest BCUT2D eigenvalue weighted by atomic mass is 10.3. The van der Waals surface area contributed by atoms with E-state index >= 15 is 0 Å². The fraction of sp³-hybridized carbons (Fsp3) is 0.375. The second-order valence-electron chi connectivity index (χ2n) is 2.26. The lowest BCUT2D eigenvalue weighted by molar-refractivity contribution is 0.667. The van der Waals surface area contributed by atoms with Gasteiger partial charge in [-0.05, 0) is 34.6 Å². The molecule has 1 aromatic rings. The molecule has 0 spiro atoms. The van der Waals surface area contributed by atoms with Crippen molar-refractivity contribution in [2.45, 2.75) is 13.0 Å². The van der Waals surface area contributed by atoms with E-state index in [-0.39, 0.29) is 6.04 Å².